The van der Waals surface area contributed by atoms with Crippen LogP contribution < -0.4 is 0 Å². The van der Waals surface area contributed by atoms with Gasteiger partial charge >= 0.3 is 0 Å². The van der Waals surface area contributed by atoms with Crippen molar-refractivity contribution in [3.8, 4) is 0 Å². The summed E-state index contributed by atoms with van der Waals surface area (Å²) in [6.07, 6.45) is 2.64. The van der Waals surface area contributed by atoms with Gasteiger partial charge in [0.15, 0.2) is 10.2 Å². The Balaban J connectivity index is 3.25. The summed E-state index contributed by atoms with van der Waals surface area (Å²) in [5.41, 5.74) is 0. The van der Waals surface area contributed by atoms with Gasteiger partial charge in [-0.05, 0) is 23.3 Å². The molecule has 2 unspecified atom stereocenters. The molecule has 0 rings (SSSR count). The number of hydrogen-bond donors (Lipinski definition) is 1. The van der Waals surface area contributed by atoms with Crippen LogP contribution in [0.4, 0.5) is 0 Å². The lowest BCUT2D eigenvalue weighted by molar-refractivity contribution is -0.110. The zero-order valence-electron chi connectivity index (χ0n) is 20.4. The number of aliphatic hydroxyl groups is 1. The first-order valence-corrected chi connectivity index (χ1v) is 24.4. The zero-order chi connectivity index (χ0) is 25.8. The number of carbonyl (C=O) groups is 1. The number of rotatable bonds is 28. The maximum Gasteiger partial charge on any atom is 0.189 e. The molecular weight excluding hydrogens is 657 g/mol. The topological polar surface area (TPSA) is 83.4 Å². The molecule has 2 atom stereocenters. The highest BCUT2D eigenvalue weighted by atomic mass is 32.3. The summed E-state index contributed by atoms with van der Waals surface area (Å²) in [7, 11) is 0. The van der Waals surface area contributed by atoms with Gasteiger partial charge in [0.1, 0.15) is 17.3 Å². The second-order valence-corrected chi connectivity index (χ2v) is 21.6. The Kier molecular flexibility index (Phi) is 35.0. The molecule has 0 amide bonds. The van der Waals surface area contributed by atoms with E-state index in [9.17, 15) is 13.9 Å². The Bertz CT molecular complexity index is 455. The minimum atomic E-state index is -0.750. The van der Waals surface area contributed by atoms with E-state index in [1.54, 1.807) is 11.8 Å². The van der Waals surface area contributed by atoms with Crippen LogP contribution in [0.15, 0.2) is 0 Å². The number of hydrogen-bond acceptors (Lipinski definition) is 13. The van der Waals surface area contributed by atoms with Crippen molar-refractivity contribution in [2.45, 2.75) is 26.2 Å². The third-order valence-electron chi connectivity index (χ3n) is 3.63. The first-order chi connectivity index (χ1) is 17.1. The van der Waals surface area contributed by atoms with Gasteiger partial charge in [-0.2, -0.15) is 35.3 Å². The quantitative estimate of drug-likeness (QED) is 0.0550. The Morgan fingerprint density at radius 3 is 2.00 bits per heavy atom. The van der Waals surface area contributed by atoms with Crippen molar-refractivity contribution in [1.82, 2.24) is 0 Å². The maximum atomic E-state index is 12.0. The van der Waals surface area contributed by atoms with Crippen LogP contribution in [0.3, 0.4) is 0 Å². The van der Waals surface area contributed by atoms with Crippen LogP contribution in [0, 0.1) is 0 Å². The fourth-order valence-corrected chi connectivity index (χ4v) is 15.1. The van der Waals surface area contributed by atoms with Gasteiger partial charge in [-0.1, -0.05) is 41.6 Å². The molecule has 0 radical (unpaired) electrons. The highest BCUT2D eigenvalue weighted by molar-refractivity contribution is 8.23. The van der Waals surface area contributed by atoms with Crippen molar-refractivity contribution in [3.05, 3.63) is 0 Å². The Labute approximate surface area is 258 Å². The lowest BCUT2D eigenvalue weighted by Crippen LogP contribution is -2.12. The molecule has 4 nitrogen and oxygen atoms in total. The predicted molar refractivity (Wildman–Crippen MR) is 184 cm³/mol. The molecule has 0 aromatic carbocycles. The minimum Gasteiger partial charge on any atom is -0.616 e. The number of thioether (sulfide) groups is 9. The van der Waals surface area contributed by atoms with Crippen LogP contribution in [-0.2, 0) is 27.1 Å². The molecule has 35 heavy (non-hydrogen) atoms. The van der Waals surface area contributed by atoms with Gasteiger partial charge in [0.2, 0.25) is 0 Å². The van der Waals surface area contributed by atoms with Gasteiger partial charge in [0.05, 0.1) is 5.94 Å². The molecule has 0 aromatic rings. The standard InChI is InChI=1S/C20H40O4S11/c1-2-10-34(23)12-9-28-17-31-16-27-7-8-33-20(22)4-6-26-15-30-14-25-5-3-11-35(24)19-32-18-29-13-21/h21H,2-19H2,1H3. The van der Waals surface area contributed by atoms with Crippen molar-refractivity contribution in [2.24, 2.45) is 0 Å². The normalized spacial score (nSPS) is 13.3. The lowest BCUT2D eigenvalue weighted by atomic mass is 10.5. The third-order valence-corrected chi connectivity index (χ3v) is 18.0. The van der Waals surface area contributed by atoms with E-state index in [1.807, 2.05) is 70.6 Å². The summed E-state index contributed by atoms with van der Waals surface area (Å²) in [6.45, 7) is 2.07. The molecule has 0 aromatic heterocycles. The number of aliphatic hydroxyl groups excluding tert-OH is 1. The summed E-state index contributed by atoms with van der Waals surface area (Å²) in [5, 5.41) is 14.7. The SMILES string of the molecule is CCC[S+]([O-])CCSCSCSCCSC(=O)CCSCSCSCCC[S+]([O-])CSCSCO. The molecule has 0 aliphatic rings. The molecule has 0 bridgehead atoms. The summed E-state index contributed by atoms with van der Waals surface area (Å²) in [6, 6.07) is 0. The molecule has 0 fully saturated rings. The van der Waals surface area contributed by atoms with E-state index in [4.69, 9.17) is 5.11 Å². The minimum absolute atomic E-state index is 0.132. The van der Waals surface area contributed by atoms with E-state index in [1.165, 1.54) is 23.5 Å². The van der Waals surface area contributed by atoms with E-state index in [2.05, 4.69) is 6.92 Å². The zero-order valence-corrected chi connectivity index (χ0v) is 29.4. The molecule has 15 heteroatoms. The van der Waals surface area contributed by atoms with Crippen molar-refractivity contribution in [2.75, 3.05) is 82.5 Å². The van der Waals surface area contributed by atoms with Crippen LogP contribution in [0.25, 0.3) is 0 Å². The average molecular weight is 697 g/mol. The maximum absolute atomic E-state index is 12.0. The van der Waals surface area contributed by atoms with E-state index in [0.29, 0.717) is 16.6 Å². The van der Waals surface area contributed by atoms with E-state index >= 15 is 0 Å². The Hall–Kier alpha value is 3.40. The van der Waals surface area contributed by atoms with Gasteiger partial charge in [-0.25, -0.2) is 0 Å². The summed E-state index contributed by atoms with van der Waals surface area (Å²) in [4.78, 5) is 12.0. The van der Waals surface area contributed by atoms with Crippen LogP contribution in [0.1, 0.15) is 26.2 Å². The van der Waals surface area contributed by atoms with Gasteiger partial charge < -0.3 is 14.2 Å². The van der Waals surface area contributed by atoms with Crippen LogP contribution in [0.2, 0.25) is 0 Å². The molecule has 0 aliphatic heterocycles. The van der Waals surface area contributed by atoms with Gasteiger partial charge in [-0.15, -0.1) is 47.0 Å². The number of carbonyl (C=O) groups excluding carboxylic acids is 1. The fourth-order valence-electron chi connectivity index (χ4n) is 2.07. The van der Waals surface area contributed by atoms with Gasteiger partial charge in [0, 0.05) is 61.3 Å². The molecule has 0 saturated heterocycles. The van der Waals surface area contributed by atoms with Crippen molar-refractivity contribution in [1.29, 1.82) is 0 Å². The Morgan fingerprint density at radius 2 is 1.31 bits per heavy atom. The molecule has 0 aliphatic carbocycles. The van der Waals surface area contributed by atoms with Gasteiger partial charge in [-0.3, -0.25) is 4.79 Å². The largest absolute Gasteiger partial charge is 0.616 e. The molecule has 0 heterocycles. The summed E-state index contributed by atoms with van der Waals surface area (Å²) in [5.74, 6) is 7.39. The second kappa shape index (κ2) is 31.9. The van der Waals surface area contributed by atoms with E-state index < -0.39 is 22.4 Å². The van der Waals surface area contributed by atoms with Crippen molar-refractivity contribution in [3.63, 3.8) is 0 Å². The summed E-state index contributed by atoms with van der Waals surface area (Å²) >= 11 is 14.5. The van der Waals surface area contributed by atoms with Crippen LogP contribution in [0.5, 0.6) is 0 Å². The van der Waals surface area contributed by atoms with Gasteiger partial charge in [0.25, 0.3) is 0 Å². The molecule has 210 valence electrons. The molecule has 0 saturated carbocycles. The van der Waals surface area contributed by atoms with Crippen LogP contribution >= 0.6 is 106 Å². The highest BCUT2D eigenvalue weighted by Crippen LogP contribution is 2.22. The third kappa shape index (κ3) is 31.8. The summed E-state index contributed by atoms with van der Waals surface area (Å²) < 4.78 is 23.4. The monoisotopic (exact) mass is 696 g/mol. The smallest absolute Gasteiger partial charge is 0.189 e. The van der Waals surface area contributed by atoms with E-state index in [-0.39, 0.29) is 5.94 Å². The fraction of sp³-hybridized carbons (Fsp3) is 0.950. The van der Waals surface area contributed by atoms with Crippen LogP contribution in [-0.4, -0.2) is 102 Å². The Morgan fingerprint density at radius 1 is 0.686 bits per heavy atom. The first kappa shape index (κ1) is 38.4. The second-order valence-electron chi connectivity index (χ2n) is 6.60. The first-order valence-electron chi connectivity index (χ1n) is 11.2. The molecule has 1 N–H and O–H groups in total. The molecule has 0 spiro atoms. The van der Waals surface area contributed by atoms with E-state index in [0.717, 1.165) is 84.3 Å². The van der Waals surface area contributed by atoms with Crippen molar-refractivity contribution < 1.29 is 19.0 Å². The van der Waals surface area contributed by atoms with Crippen molar-refractivity contribution >= 4 is 133 Å². The lowest BCUT2D eigenvalue weighted by Gasteiger charge is -2.10. The average Bonchev–Trinajstić information content (AvgIpc) is 2.84. The molecular formula is C20H40O4S11. The highest BCUT2D eigenvalue weighted by Gasteiger charge is 2.07. The predicted octanol–water partition coefficient (Wildman–Crippen LogP) is 6.49.